The van der Waals surface area contributed by atoms with Crippen molar-refractivity contribution in [2.24, 2.45) is 0 Å². The number of carbonyl (C=O) groups excluding carboxylic acids is 1. The summed E-state index contributed by atoms with van der Waals surface area (Å²) in [6, 6.07) is -0.0819. The lowest BCUT2D eigenvalue weighted by atomic mass is 10.3. The molecule has 0 saturated carbocycles. The number of nitrogens with zero attached hydrogens (tertiary/aromatic N) is 1. The van der Waals surface area contributed by atoms with Gasteiger partial charge in [-0.1, -0.05) is 15.9 Å². The zero-order valence-corrected chi connectivity index (χ0v) is 8.47. The SMILES string of the molecule is CC(CO)N(C)C(=O)CCBr. The van der Waals surface area contributed by atoms with Gasteiger partial charge < -0.3 is 10.0 Å². The van der Waals surface area contributed by atoms with Crippen LogP contribution in [0.4, 0.5) is 0 Å². The highest BCUT2D eigenvalue weighted by Crippen LogP contribution is 1.99. The van der Waals surface area contributed by atoms with E-state index in [2.05, 4.69) is 15.9 Å². The van der Waals surface area contributed by atoms with E-state index in [1.807, 2.05) is 6.92 Å². The highest BCUT2D eigenvalue weighted by molar-refractivity contribution is 9.09. The van der Waals surface area contributed by atoms with Gasteiger partial charge >= 0.3 is 0 Å². The van der Waals surface area contributed by atoms with Crippen molar-refractivity contribution in [1.82, 2.24) is 4.90 Å². The Morgan fingerprint density at radius 3 is 2.64 bits per heavy atom. The number of amides is 1. The lowest BCUT2D eigenvalue weighted by Gasteiger charge is -2.22. The Labute approximate surface area is 75.5 Å². The third kappa shape index (κ3) is 3.72. The Hall–Kier alpha value is -0.0900. The van der Waals surface area contributed by atoms with Crippen LogP contribution in [0.5, 0.6) is 0 Å². The molecule has 0 fully saturated rings. The van der Waals surface area contributed by atoms with Crippen LogP contribution in [0, 0.1) is 0 Å². The van der Waals surface area contributed by atoms with Gasteiger partial charge in [-0.05, 0) is 6.92 Å². The van der Waals surface area contributed by atoms with Crippen LogP contribution in [0.1, 0.15) is 13.3 Å². The molecule has 0 bridgehead atoms. The van der Waals surface area contributed by atoms with Gasteiger partial charge in [0.2, 0.25) is 5.91 Å². The number of carbonyl (C=O) groups is 1. The number of halogens is 1. The number of alkyl halides is 1. The summed E-state index contributed by atoms with van der Waals surface area (Å²) in [5.74, 6) is 0.0587. The largest absolute Gasteiger partial charge is 0.394 e. The van der Waals surface area contributed by atoms with Crippen molar-refractivity contribution in [2.75, 3.05) is 19.0 Å². The third-order valence-electron chi connectivity index (χ3n) is 1.63. The molecular formula is C7H14BrNO2. The van der Waals surface area contributed by atoms with Gasteiger partial charge in [0.05, 0.1) is 12.6 Å². The molecule has 0 aromatic carbocycles. The van der Waals surface area contributed by atoms with Crippen LogP contribution in [0.15, 0.2) is 0 Å². The Kier molecular flexibility index (Phi) is 5.50. The van der Waals surface area contributed by atoms with Gasteiger partial charge in [0.25, 0.3) is 0 Å². The quantitative estimate of drug-likeness (QED) is 0.711. The predicted molar refractivity (Wildman–Crippen MR) is 47.7 cm³/mol. The molecule has 1 N–H and O–H groups in total. The van der Waals surface area contributed by atoms with Gasteiger partial charge in [0.15, 0.2) is 0 Å². The molecular weight excluding hydrogens is 210 g/mol. The lowest BCUT2D eigenvalue weighted by molar-refractivity contribution is -0.131. The second-order valence-corrected chi connectivity index (χ2v) is 3.27. The molecule has 0 saturated heterocycles. The summed E-state index contributed by atoms with van der Waals surface area (Å²) < 4.78 is 0. The summed E-state index contributed by atoms with van der Waals surface area (Å²) in [5.41, 5.74) is 0. The number of likely N-dealkylation sites (N-methyl/N-ethyl adjacent to an activating group) is 1. The Balaban J connectivity index is 3.80. The Bertz CT molecular complexity index is 130. The molecule has 0 rings (SSSR count). The maximum absolute atomic E-state index is 11.1. The fourth-order valence-corrected chi connectivity index (χ4v) is 0.965. The fourth-order valence-electron chi connectivity index (χ4n) is 0.625. The number of hydrogen-bond acceptors (Lipinski definition) is 2. The smallest absolute Gasteiger partial charge is 0.223 e. The van der Waals surface area contributed by atoms with Crippen LogP contribution in [0.25, 0.3) is 0 Å². The molecule has 11 heavy (non-hydrogen) atoms. The van der Waals surface area contributed by atoms with E-state index < -0.39 is 0 Å². The summed E-state index contributed by atoms with van der Waals surface area (Å²) in [6.07, 6.45) is 0.487. The summed E-state index contributed by atoms with van der Waals surface area (Å²) in [5, 5.41) is 9.39. The van der Waals surface area contributed by atoms with Gasteiger partial charge in [0, 0.05) is 18.8 Å². The molecule has 0 radical (unpaired) electrons. The molecule has 0 spiro atoms. The van der Waals surface area contributed by atoms with E-state index in [-0.39, 0.29) is 18.6 Å². The van der Waals surface area contributed by atoms with Crippen LogP contribution in [0.2, 0.25) is 0 Å². The van der Waals surface area contributed by atoms with Crippen LogP contribution in [-0.2, 0) is 4.79 Å². The number of rotatable bonds is 4. The van der Waals surface area contributed by atoms with Crippen molar-refractivity contribution >= 4 is 21.8 Å². The first kappa shape index (κ1) is 10.9. The van der Waals surface area contributed by atoms with Gasteiger partial charge in [-0.15, -0.1) is 0 Å². The van der Waals surface area contributed by atoms with E-state index in [4.69, 9.17) is 5.11 Å². The molecule has 1 unspecified atom stereocenters. The zero-order valence-electron chi connectivity index (χ0n) is 6.88. The summed E-state index contributed by atoms with van der Waals surface area (Å²) >= 11 is 3.18. The van der Waals surface area contributed by atoms with Crippen molar-refractivity contribution in [2.45, 2.75) is 19.4 Å². The maximum atomic E-state index is 11.1. The predicted octanol–water partition coefficient (Wildman–Crippen LogP) is 0.611. The Morgan fingerprint density at radius 1 is 1.73 bits per heavy atom. The molecule has 0 aliphatic carbocycles. The van der Waals surface area contributed by atoms with E-state index in [1.165, 1.54) is 0 Å². The van der Waals surface area contributed by atoms with Gasteiger partial charge in [-0.3, -0.25) is 4.79 Å². The average Bonchev–Trinajstić information content (AvgIpc) is 2.02. The third-order valence-corrected chi connectivity index (χ3v) is 2.02. The molecule has 1 amide bonds. The maximum Gasteiger partial charge on any atom is 0.223 e. The van der Waals surface area contributed by atoms with E-state index in [9.17, 15) is 4.79 Å². The monoisotopic (exact) mass is 223 g/mol. The molecule has 0 aliphatic rings. The number of aliphatic hydroxyl groups is 1. The normalized spacial score (nSPS) is 12.7. The minimum Gasteiger partial charge on any atom is -0.394 e. The van der Waals surface area contributed by atoms with Crippen LogP contribution in [0.3, 0.4) is 0 Å². The first-order valence-corrected chi connectivity index (χ1v) is 4.68. The topological polar surface area (TPSA) is 40.5 Å². The standard InChI is InChI=1S/C7H14BrNO2/c1-6(5-10)9(2)7(11)3-4-8/h6,10H,3-5H2,1-2H3. The summed E-state index contributed by atoms with van der Waals surface area (Å²) in [7, 11) is 1.70. The van der Waals surface area contributed by atoms with Crippen LogP contribution in [-0.4, -0.2) is 40.9 Å². The first-order valence-electron chi connectivity index (χ1n) is 3.56. The second-order valence-electron chi connectivity index (χ2n) is 2.48. The van der Waals surface area contributed by atoms with Crippen molar-refractivity contribution in [1.29, 1.82) is 0 Å². The van der Waals surface area contributed by atoms with Crippen molar-refractivity contribution in [3.8, 4) is 0 Å². The molecule has 1 atom stereocenters. The van der Waals surface area contributed by atoms with Crippen LogP contribution < -0.4 is 0 Å². The highest BCUT2D eigenvalue weighted by Gasteiger charge is 2.13. The lowest BCUT2D eigenvalue weighted by Crippen LogP contribution is -2.37. The second kappa shape index (κ2) is 5.55. The zero-order chi connectivity index (χ0) is 8.85. The van der Waals surface area contributed by atoms with E-state index in [0.717, 1.165) is 0 Å². The van der Waals surface area contributed by atoms with Crippen molar-refractivity contribution in [3.63, 3.8) is 0 Å². The van der Waals surface area contributed by atoms with Gasteiger partial charge in [0.1, 0.15) is 0 Å². The molecule has 3 nitrogen and oxygen atoms in total. The minimum atomic E-state index is -0.0819. The van der Waals surface area contributed by atoms with E-state index in [0.29, 0.717) is 11.8 Å². The summed E-state index contributed by atoms with van der Waals surface area (Å²) in [4.78, 5) is 12.7. The summed E-state index contributed by atoms with van der Waals surface area (Å²) in [6.45, 7) is 1.83. The van der Waals surface area contributed by atoms with Crippen molar-refractivity contribution < 1.29 is 9.90 Å². The first-order chi connectivity index (χ1) is 5.13. The number of hydrogen-bond donors (Lipinski definition) is 1. The molecule has 0 aromatic heterocycles. The van der Waals surface area contributed by atoms with Crippen LogP contribution >= 0.6 is 15.9 Å². The van der Waals surface area contributed by atoms with E-state index >= 15 is 0 Å². The molecule has 66 valence electrons. The van der Waals surface area contributed by atoms with Gasteiger partial charge in [-0.25, -0.2) is 0 Å². The van der Waals surface area contributed by atoms with Crippen molar-refractivity contribution in [3.05, 3.63) is 0 Å². The van der Waals surface area contributed by atoms with Gasteiger partial charge in [-0.2, -0.15) is 0 Å². The van der Waals surface area contributed by atoms with E-state index in [1.54, 1.807) is 11.9 Å². The Morgan fingerprint density at radius 2 is 2.27 bits per heavy atom. The molecule has 0 aliphatic heterocycles. The molecule has 4 heteroatoms. The molecule has 0 heterocycles. The molecule has 0 aromatic rings. The number of aliphatic hydroxyl groups excluding tert-OH is 1. The minimum absolute atomic E-state index is 0.0184. The fraction of sp³-hybridized carbons (Fsp3) is 0.857. The highest BCUT2D eigenvalue weighted by atomic mass is 79.9. The average molecular weight is 224 g/mol.